The third-order valence-electron chi connectivity index (χ3n) is 3.88. The molecule has 1 atom stereocenters. The molecule has 24 heavy (non-hydrogen) atoms. The first kappa shape index (κ1) is 20.9. The highest BCUT2D eigenvalue weighted by molar-refractivity contribution is 7.10. The first-order valence-electron chi connectivity index (χ1n) is 7.97. The van der Waals surface area contributed by atoms with Crippen LogP contribution in [0.1, 0.15) is 30.7 Å². The van der Waals surface area contributed by atoms with Crippen LogP contribution in [0.25, 0.3) is 0 Å². The Morgan fingerprint density at radius 3 is 2.58 bits per heavy atom. The Morgan fingerprint density at radius 2 is 2.00 bits per heavy atom. The van der Waals surface area contributed by atoms with Crippen molar-refractivity contribution in [2.75, 3.05) is 39.3 Å². The number of halogens is 1. The second-order valence-electron chi connectivity index (χ2n) is 5.52. The number of esters is 1. The summed E-state index contributed by atoms with van der Waals surface area (Å²) in [6.07, 6.45) is -0.123. The van der Waals surface area contributed by atoms with Gasteiger partial charge in [-0.1, -0.05) is 6.07 Å². The van der Waals surface area contributed by atoms with Crippen LogP contribution in [0.5, 0.6) is 0 Å². The summed E-state index contributed by atoms with van der Waals surface area (Å²) in [4.78, 5) is 28.3. The van der Waals surface area contributed by atoms with E-state index in [9.17, 15) is 14.7 Å². The molecule has 1 saturated heterocycles. The van der Waals surface area contributed by atoms with Crippen LogP contribution in [0.4, 0.5) is 0 Å². The number of hydrogen-bond acceptors (Lipinski definition) is 6. The fourth-order valence-electron chi connectivity index (χ4n) is 2.60. The molecule has 1 aliphatic heterocycles. The van der Waals surface area contributed by atoms with E-state index in [0.29, 0.717) is 26.2 Å². The number of carbonyl (C=O) groups is 2. The Labute approximate surface area is 152 Å². The largest absolute Gasteiger partial charge is 0.466 e. The van der Waals surface area contributed by atoms with Gasteiger partial charge in [-0.05, 0) is 18.4 Å². The highest BCUT2D eigenvalue weighted by atomic mass is 35.5. The number of amides is 1. The molecule has 2 heterocycles. The molecule has 1 unspecified atom stereocenters. The van der Waals surface area contributed by atoms with Gasteiger partial charge < -0.3 is 14.7 Å². The maximum absolute atomic E-state index is 12.1. The molecule has 6 nitrogen and oxygen atoms in total. The number of aliphatic hydroxyl groups excluding tert-OH is 1. The smallest absolute Gasteiger partial charge is 0.306 e. The third kappa shape index (κ3) is 6.39. The number of piperazine rings is 1. The lowest BCUT2D eigenvalue weighted by atomic mass is 10.2. The zero-order chi connectivity index (χ0) is 16.7. The molecular formula is C16H25ClN2O4S. The first-order chi connectivity index (χ1) is 11.1. The van der Waals surface area contributed by atoms with E-state index in [-0.39, 0.29) is 37.1 Å². The fraction of sp³-hybridized carbons (Fsp3) is 0.625. The SMILES string of the molecule is CCOC(=O)CCC(=O)N1CCN(CC(O)c2cccs2)CC1.Cl. The number of hydrogen-bond donors (Lipinski definition) is 1. The van der Waals surface area contributed by atoms with E-state index in [0.717, 1.165) is 18.0 Å². The molecule has 136 valence electrons. The quantitative estimate of drug-likeness (QED) is 0.733. The number of nitrogens with zero attached hydrogens (tertiary/aromatic N) is 2. The Bertz CT molecular complexity index is 504. The molecule has 2 rings (SSSR count). The number of rotatable bonds is 7. The van der Waals surface area contributed by atoms with Crippen molar-refractivity contribution in [3.8, 4) is 0 Å². The minimum Gasteiger partial charge on any atom is -0.466 e. The number of aliphatic hydroxyl groups is 1. The van der Waals surface area contributed by atoms with E-state index in [1.807, 2.05) is 17.5 Å². The third-order valence-corrected chi connectivity index (χ3v) is 4.85. The summed E-state index contributed by atoms with van der Waals surface area (Å²) in [5, 5.41) is 12.1. The molecule has 1 aromatic heterocycles. The predicted molar refractivity (Wildman–Crippen MR) is 95.4 cm³/mol. The van der Waals surface area contributed by atoms with Gasteiger partial charge in [0.15, 0.2) is 0 Å². The van der Waals surface area contributed by atoms with Crippen LogP contribution in [0.3, 0.4) is 0 Å². The minimum atomic E-state index is -0.471. The molecule has 0 aromatic carbocycles. The maximum Gasteiger partial charge on any atom is 0.306 e. The Morgan fingerprint density at radius 1 is 1.29 bits per heavy atom. The molecule has 0 saturated carbocycles. The van der Waals surface area contributed by atoms with Crippen LogP contribution >= 0.6 is 23.7 Å². The standard InChI is InChI=1S/C16H24N2O4S.ClH/c1-2-22-16(21)6-5-15(20)18-9-7-17(8-10-18)12-13(19)14-4-3-11-23-14;/h3-4,11,13,19H,2,5-10,12H2,1H3;1H. The van der Waals surface area contributed by atoms with Crippen molar-refractivity contribution in [2.24, 2.45) is 0 Å². The second-order valence-corrected chi connectivity index (χ2v) is 6.50. The highest BCUT2D eigenvalue weighted by Gasteiger charge is 2.23. The molecule has 1 aromatic rings. The summed E-state index contributed by atoms with van der Waals surface area (Å²) in [6, 6.07) is 3.87. The second kappa shape index (κ2) is 10.7. The molecule has 1 aliphatic rings. The van der Waals surface area contributed by atoms with Crippen LogP contribution in [0.15, 0.2) is 17.5 Å². The van der Waals surface area contributed by atoms with Crippen LogP contribution in [0, 0.1) is 0 Å². The molecule has 0 spiro atoms. The lowest BCUT2D eigenvalue weighted by Gasteiger charge is -2.35. The van der Waals surface area contributed by atoms with Gasteiger partial charge in [-0.2, -0.15) is 0 Å². The fourth-order valence-corrected chi connectivity index (χ4v) is 3.30. The average Bonchev–Trinajstić information content (AvgIpc) is 3.08. The topological polar surface area (TPSA) is 70.1 Å². The lowest BCUT2D eigenvalue weighted by Crippen LogP contribution is -2.49. The highest BCUT2D eigenvalue weighted by Crippen LogP contribution is 2.20. The van der Waals surface area contributed by atoms with Crippen molar-refractivity contribution in [2.45, 2.75) is 25.9 Å². The van der Waals surface area contributed by atoms with E-state index in [2.05, 4.69) is 4.90 Å². The van der Waals surface area contributed by atoms with Crippen molar-refractivity contribution in [3.05, 3.63) is 22.4 Å². The van der Waals surface area contributed by atoms with E-state index >= 15 is 0 Å². The van der Waals surface area contributed by atoms with Gasteiger partial charge in [0.2, 0.25) is 5.91 Å². The van der Waals surface area contributed by atoms with E-state index in [1.165, 1.54) is 0 Å². The van der Waals surface area contributed by atoms with Gasteiger partial charge >= 0.3 is 5.97 Å². The average molecular weight is 377 g/mol. The van der Waals surface area contributed by atoms with Crippen LogP contribution in [-0.4, -0.2) is 66.1 Å². The Balaban J connectivity index is 0.00000288. The van der Waals surface area contributed by atoms with Crippen LogP contribution in [0.2, 0.25) is 0 Å². The van der Waals surface area contributed by atoms with Gasteiger partial charge in [-0.15, -0.1) is 23.7 Å². The van der Waals surface area contributed by atoms with Crippen molar-refractivity contribution >= 4 is 35.6 Å². The van der Waals surface area contributed by atoms with E-state index in [1.54, 1.807) is 23.2 Å². The van der Waals surface area contributed by atoms with Crippen molar-refractivity contribution in [3.63, 3.8) is 0 Å². The summed E-state index contributed by atoms with van der Waals surface area (Å²) in [5.41, 5.74) is 0. The molecular weight excluding hydrogens is 352 g/mol. The number of β-amino-alcohol motifs (C(OH)–C–C–N with tert-alkyl or cyclic N) is 1. The number of thiophene rings is 1. The maximum atomic E-state index is 12.1. The summed E-state index contributed by atoms with van der Waals surface area (Å²) in [5.74, 6) is -0.324. The normalized spacial score (nSPS) is 16.3. The molecule has 0 aliphatic carbocycles. The van der Waals surface area contributed by atoms with Crippen molar-refractivity contribution in [1.29, 1.82) is 0 Å². The van der Waals surface area contributed by atoms with E-state index in [4.69, 9.17) is 4.74 Å². The zero-order valence-electron chi connectivity index (χ0n) is 13.8. The summed E-state index contributed by atoms with van der Waals surface area (Å²) in [6.45, 7) is 5.45. The van der Waals surface area contributed by atoms with Crippen LogP contribution < -0.4 is 0 Å². The number of carbonyl (C=O) groups excluding carboxylic acids is 2. The van der Waals surface area contributed by atoms with Gasteiger partial charge in [0.1, 0.15) is 6.10 Å². The molecule has 0 bridgehead atoms. The number of ether oxygens (including phenoxy) is 1. The van der Waals surface area contributed by atoms with Gasteiger partial charge in [0, 0.05) is 44.0 Å². The van der Waals surface area contributed by atoms with Gasteiger partial charge in [-0.3, -0.25) is 14.5 Å². The molecule has 1 N–H and O–H groups in total. The van der Waals surface area contributed by atoms with Gasteiger partial charge in [0.25, 0.3) is 0 Å². The lowest BCUT2D eigenvalue weighted by molar-refractivity contribution is -0.146. The zero-order valence-corrected chi connectivity index (χ0v) is 15.5. The molecule has 0 radical (unpaired) electrons. The first-order valence-corrected chi connectivity index (χ1v) is 8.85. The van der Waals surface area contributed by atoms with Crippen molar-refractivity contribution in [1.82, 2.24) is 9.80 Å². The summed E-state index contributed by atoms with van der Waals surface area (Å²) in [7, 11) is 0. The predicted octanol–water partition coefficient (Wildman–Crippen LogP) is 1.69. The van der Waals surface area contributed by atoms with Crippen molar-refractivity contribution < 1.29 is 19.4 Å². The summed E-state index contributed by atoms with van der Waals surface area (Å²) < 4.78 is 4.83. The van der Waals surface area contributed by atoms with E-state index < -0.39 is 6.10 Å². The summed E-state index contributed by atoms with van der Waals surface area (Å²) >= 11 is 1.55. The molecule has 1 fully saturated rings. The minimum absolute atomic E-state index is 0. The Hall–Kier alpha value is -1.15. The van der Waals surface area contributed by atoms with Gasteiger partial charge in [-0.25, -0.2) is 0 Å². The molecule has 1 amide bonds. The van der Waals surface area contributed by atoms with Crippen LogP contribution in [-0.2, 0) is 14.3 Å². The molecule has 8 heteroatoms. The Kier molecular flexibility index (Phi) is 9.28. The van der Waals surface area contributed by atoms with Gasteiger partial charge in [0.05, 0.1) is 13.0 Å². The monoisotopic (exact) mass is 376 g/mol.